The third kappa shape index (κ3) is 5.05. The maximum atomic E-state index is 11.6. The van der Waals surface area contributed by atoms with Crippen molar-refractivity contribution in [3.63, 3.8) is 0 Å². The summed E-state index contributed by atoms with van der Waals surface area (Å²) in [4.78, 5) is 10.3. The monoisotopic (exact) mass is 272 g/mol. The Balaban J connectivity index is 2.56. The van der Waals surface area contributed by atoms with Gasteiger partial charge in [-0.2, -0.15) is 0 Å². The molecule has 0 aliphatic heterocycles. The fraction of sp³-hybridized carbons (Fsp3) is 0.364. The average Bonchev–Trinajstić information content (AvgIpc) is 2.28. The second kappa shape index (κ2) is 6.25. The molecule has 0 unspecified atom stereocenters. The normalized spacial score (nSPS) is 10.9. The second-order valence-corrected chi connectivity index (χ2v) is 5.59. The molecule has 1 aromatic carbocycles. The number of carboxylic acid groups (broad SMARTS) is 1. The molecule has 0 spiro atoms. The van der Waals surface area contributed by atoms with E-state index in [1.54, 1.807) is 31.3 Å². The molecular weight excluding hydrogens is 256 g/mol. The van der Waals surface area contributed by atoms with Gasteiger partial charge in [0.25, 0.3) is 0 Å². The van der Waals surface area contributed by atoms with E-state index in [9.17, 15) is 13.2 Å². The maximum Gasteiger partial charge on any atom is 0.303 e. The first-order chi connectivity index (χ1) is 8.43. The largest absolute Gasteiger partial charge is 0.481 e. The molecule has 0 saturated heterocycles. The predicted octanol–water partition coefficient (Wildman–Crippen LogP) is 1.33. The van der Waals surface area contributed by atoms with Crippen molar-refractivity contribution in [3.8, 4) is 0 Å². The number of hydrogen-bond acceptors (Lipinski definition) is 4. The van der Waals surface area contributed by atoms with Crippen LogP contribution in [0.15, 0.2) is 24.3 Å². The predicted molar refractivity (Wildman–Crippen MR) is 70.3 cm³/mol. The summed E-state index contributed by atoms with van der Waals surface area (Å²) < 4.78 is 25.6. The molecule has 1 aromatic rings. The highest BCUT2D eigenvalue weighted by molar-refractivity contribution is 7.92. The van der Waals surface area contributed by atoms with Crippen LogP contribution in [0.1, 0.15) is 12.8 Å². The number of carbonyl (C=O) groups is 1. The van der Waals surface area contributed by atoms with Crippen LogP contribution < -0.4 is 10.0 Å². The van der Waals surface area contributed by atoms with Crippen molar-refractivity contribution in [2.75, 3.05) is 22.8 Å². The molecular formula is C11H16N2O4S. The smallest absolute Gasteiger partial charge is 0.303 e. The highest BCUT2D eigenvalue weighted by Gasteiger charge is 2.11. The Morgan fingerprint density at radius 3 is 2.28 bits per heavy atom. The molecule has 0 bridgehead atoms. The Kier molecular flexibility index (Phi) is 4.96. The molecule has 0 fully saturated rings. The van der Waals surface area contributed by atoms with Crippen LogP contribution in [-0.2, 0) is 14.8 Å². The minimum absolute atomic E-state index is 0.0965. The van der Waals surface area contributed by atoms with Gasteiger partial charge in [-0.25, -0.2) is 8.42 Å². The Bertz CT molecular complexity index is 496. The van der Waals surface area contributed by atoms with Gasteiger partial charge in [0.1, 0.15) is 0 Å². The lowest BCUT2D eigenvalue weighted by Crippen LogP contribution is -2.17. The van der Waals surface area contributed by atoms with Crippen LogP contribution in [0, 0.1) is 0 Å². The molecule has 0 heterocycles. The lowest BCUT2D eigenvalue weighted by atomic mass is 10.3. The van der Waals surface area contributed by atoms with Crippen LogP contribution in [-0.4, -0.2) is 32.3 Å². The van der Waals surface area contributed by atoms with E-state index in [2.05, 4.69) is 10.0 Å². The number of rotatable bonds is 7. The highest BCUT2D eigenvalue weighted by atomic mass is 32.2. The van der Waals surface area contributed by atoms with E-state index in [4.69, 9.17) is 5.11 Å². The fourth-order valence-electron chi connectivity index (χ4n) is 1.35. The molecule has 6 nitrogen and oxygen atoms in total. The van der Waals surface area contributed by atoms with Crippen LogP contribution in [0.4, 0.5) is 11.4 Å². The Hall–Kier alpha value is -1.76. The summed E-state index contributed by atoms with van der Waals surface area (Å²) in [5.74, 6) is -1.20. The van der Waals surface area contributed by atoms with E-state index in [-0.39, 0.29) is 18.6 Å². The Labute approximate surface area is 106 Å². The summed E-state index contributed by atoms with van der Waals surface area (Å²) in [6, 6.07) is 6.77. The zero-order valence-electron chi connectivity index (χ0n) is 10.0. The minimum Gasteiger partial charge on any atom is -0.481 e. The van der Waals surface area contributed by atoms with Crippen molar-refractivity contribution >= 4 is 27.4 Å². The lowest BCUT2D eigenvalue weighted by Gasteiger charge is -2.08. The van der Waals surface area contributed by atoms with E-state index >= 15 is 0 Å². The fourth-order valence-corrected chi connectivity index (χ4v) is 2.47. The molecule has 0 radical (unpaired) electrons. The molecule has 7 heteroatoms. The van der Waals surface area contributed by atoms with Gasteiger partial charge in [-0.05, 0) is 30.7 Å². The quantitative estimate of drug-likeness (QED) is 0.696. The van der Waals surface area contributed by atoms with Crippen LogP contribution >= 0.6 is 0 Å². The zero-order valence-corrected chi connectivity index (χ0v) is 10.8. The Morgan fingerprint density at radius 2 is 1.78 bits per heavy atom. The van der Waals surface area contributed by atoms with Crippen molar-refractivity contribution in [1.29, 1.82) is 0 Å². The van der Waals surface area contributed by atoms with Gasteiger partial charge < -0.3 is 10.4 Å². The SMILES string of the molecule is CNc1ccc(NS(=O)(=O)CCCC(=O)O)cc1. The van der Waals surface area contributed by atoms with Gasteiger partial charge in [0.05, 0.1) is 5.75 Å². The second-order valence-electron chi connectivity index (χ2n) is 3.75. The van der Waals surface area contributed by atoms with Crippen molar-refractivity contribution < 1.29 is 18.3 Å². The highest BCUT2D eigenvalue weighted by Crippen LogP contribution is 2.14. The van der Waals surface area contributed by atoms with Gasteiger partial charge in [0.15, 0.2) is 0 Å². The summed E-state index contributed by atoms with van der Waals surface area (Å²) in [5.41, 5.74) is 1.34. The molecule has 0 amide bonds. The summed E-state index contributed by atoms with van der Waals surface area (Å²) in [6.07, 6.45) is -0.0567. The molecule has 0 aliphatic rings. The van der Waals surface area contributed by atoms with Gasteiger partial charge in [-0.3, -0.25) is 9.52 Å². The van der Waals surface area contributed by atoms with Gasteiger partial charge >= 0.3 is 5.97 Å². The molecule has 0 atom stereocenters. The molecule has 3 N–H and O–H groups in total. The zero-order chi connectivity index (χ0) is 13.6. The molecule has 100 valence electrons. The van der Waals surface area contributed by atoms with Crippen molar-refractivity contribution in [1.82, 2.24) is 0 Å². The average molecular weight is 272 g/mol. The van der Waals surface area contributed by atoms with Crippen molar-refractivity contribution in [3.05, 3.63) is 24.3 Å². The van der Waals surface area contributed by atoms with Crippen molar-refractivity contribution in [2.45, 2.75) is 12.8 Å². The first-order valence-corrected chi connectivity index (χ1v) is 7.08. The van der Waals surface area contributed by atoms with Crippen LogP contribution in [0.3, 0.4) is 0 Å². The van der Waals surface area contributed by atoms with Crippen LogP contribution in [0.5, 0.6) is 0 Å². The Morgan fingerprint density at radius 1 is 1.22 bits per heavy atom. The first-order valence-electron chi connectivity index (χ1n) is 5.43. The number of carboxylic acids is 1. The minimum atomic E-state index is -3.48. The molecule has 18 heavy (non-hydrogen) atoms. The third-order valence-electron chi connectivity index (χ3n) is 2.25. The van der Waals surface area contributed by atoms with E-state index in [0.29, 0.717) is 5.69 Å². The van der Waals surface area contributed by atoms with Crippen molar-refractivity contribution in [2.24, 2.45) is 0 Å². The summed E-state index contributed by atoms with van der Waals surface area (Å²) in [7, 11) is -1.71. The van der Waals surface area contributed by atoms with Gasteiger partial charge in [0.2, 0.25) is 10.0 Å². The van der Waals surface area contributed by atoms with Gasteiger partial charge in [0, 0.05) is 24.8 Å². The number of benzene rings is 1. The molecule has 0 saturated carbocycles. The number of nitrogens with one attached hydrogen (secondary N) is 2. The van der Waals surface area contributed by atoms with Crippen LogP contribution in [0.25, 0.3) is 0 Å². The summed E-state index contributed by atoms with van der Waals surface area (Å²) >= 11 is 0. The number of aliphatic carboxylic acids is 1. The standard InChI is InChI=1S/C11H16N2O4S/c1-12-9-4-6-10(7-5-9)13-18(16,17)8-2-3-11(14)15/h4-7,12-13H,2-3,8H2,1H3,(H,14,15). The van der Waals surface area contributed by atoms with E-state index < -0.39 is 16.0 Å². The molecule has 0 aliphatic carbocycles. The lowest BCUT2D eigenvalue weighted by molar-refractivity contribution is -0.137. The number of anilines is 2. The molecule has 1 rings (SSSR count). The van der Waals surface area contributed by atoms with Gasteiger partial charge in [-0.1, -0.05) is 0 Å². The third-order valence-corrected chi connectivity index (χ3v) is 3.62. The van der Waals surface area contributed by atoms with E-state index in [1.807, 2.05) is 0 Å². The maximum absolute atomic E-state index is 11.6. The van der Waals surface area contributed by atoms with E-state index in [0.717, 1.165) is 5.69 Å². The summed E-state index contributed by atoms with van der Waals surface area (Å²) in [6.45, 7) is 0. The molecule has 0 aromatic heterocycles. The summed E-state index contributed by atoms with van der Waals surface area (Å²) in [5, 5.41) is 11.4. The van der Waals surface area contributed by atoms with Gasteiger partial charge in [-0.15, -0.1) is 0 Å². The van der Waals surface area contributed by atoms with E-state index in [1.165, 1.54) is 0 Å². The van der Waals surface area contributed by atoms with Crippen LogP contribution in [0.2, 0.25) is 0 Å². The number of hydrogen-bond donors (Lipinski definition) is 3. The first kappa shape index (κ1) is 14.3. The topological polar surface area (TPSA) is 95.5 Å². The number of sulfonamides is 1.